The number of pyridine rings is 2. The van der Waals surface area contributed by atoms with Gasteiger partial charge in [0.05, 0.1) is 28.0 Å². The third-order valence-electron chi connectivity index (χ3n) is 6.96. The van der Waals surface area contributed by atoms with E-state index in [1.165, 1.54) is 16.6 Å². The largest absolute Gasteiger partial charge is 0.290 e. The molecule has 4 heteroatoms. The molecule has 0 aliphatic rings. The Balaban J connectivity index is 1.42. The molecule has 4 nitrogen and oxygen atoms in total. The van der Waals surface area contributed by atoms with E-state index in [-0.39, 0.29) is 0 Å². The topological polar surface area (TPSA) is 34.6 Å². The van der Waals surface area contributed by atoms with Crippen molar-refractivity contribution in [2.24, 2.45) is 0 Å². The van der Waals surface area contributed by atoms with Crippen LogP contribution in [0, 0.1) is 0 Å². The lowest BCUT2D eigenvalue weighted by Gasteiger charge is -2.07. The Morgan fingerprint density at radius 2 is 1.14 bits per heavy atom. The minimum Gasteiger partial charge on any atom is -0.249 e. The molecule has 0 N–H and O–H groups in total. The van der Waals surface area contributed by atoms with E-state index < -0.39 is 0 Å². The third kappa shape index (κ3) is 3.93. The molecule has 176 valence electrons. The first kappa shape index (κ1) is 21.5. The summed E-state index contributed by atoms with van der Waals surface area (Å²) in [6, 6.07) is 44.5. The van der Waals surface area contributed by atoms with Crippen molar-refractivity contribution in [1.29, 1.82) is 0 Å². The van der Waals surface area contributed by atoms with Gasteiger partial charge in [-0.25, -0.2) is 19.1 Å². The van der Waals surface area contributed by atoms with Gasteiger partial charge in [0, 0.05) is 10.8 Å². The highest BCUT2D eigenvalue weighted by Gasteiger charge is 2.27. The predicted octanol–water partition coefficient (Wildman–Crippen LogP) is 6.79. The van der Waals surface area contributed by atoms with Gasteiger partial charge in [-0.1, -0.05) is 78.9 Å². The number of para-hydroxylation sites is 4. The van der Waals surface area contributed by atoms with Crippen LogP contribution in [0.5, 0.6) is 0 Å². The number of imidazole rings is 1. The van der Waals surface area contributed by atoms with Crippen LogP contribution in [-0.2, 0) is 13.1 Å². The van der Waals surface area contributed by atoms with Gasteiger partial charge in [-0.2, -0.15) is 0 Å². The van der Waals surface area contributed by atoms with Crippen LogP contribution in [-0.4, -0.2) is 14.5 Å². The lowest BCUT2D eigenvalue weighted by molar-refractivity contribution is -0.652. The van der Waals surface area contributed by atoms with Crippen molar-refractivity contribution >= 4 is 32.8 Å². The number of rotatable bonds is 5. The maximum atomic E-state index is 5.00. The van der Waals surface area contributed by atoms with E-state index in [4.69, 9.17) is 9.97 Å². The van der Waals surface area contributed by atoms with Crippen LogP contribution in [0.2, 0.25) is 0 Å². The Morgan fingerprint density at radius 1 is 0.541 bits per heavy atom. The van der Waals surface area contributed by atoms with Crippen molar-refractivity contribution in [1.82, 2.24) is 14.5 Å². The summed E-state index contributed by atoms with van der Waals surface area (Å²) in [7, 11) is 0. The molecule has 0 spiro atoms. The molecule has 0 aliphatic carbocycles. The second-order valence-corrected chi connectivity index (χ2v) is 9.34. The van der Waals surface area contributed by atoms with Crippen LogP contribution in [0.3, 0.4) is 0 Å². The monoisotopic (exact) mass is 477 g/mol. The van der Waals surface area contributed by atoms with E-state index in [9.17, 15) is 0 Å². The summed E-state index contributed by atoms with van der Waals surface area (Å²) in [6.07, 6.45) is 0. The van der Waals surface area contributed by atoms with Crippen molar-refractivity contribution in [2.45, 2.75) is 13.1 Å². The van der Waals surface area contributed by atoms with Crippen molar-refractivity contribution < 1.29 is 4.57 Å². The van der Waals surface area contributed by atoms with E-state index in [2.05, 4.69) is 124 Å². The normalized spacial score (nSPS) is 11.5. The van der Waals surface area contributed by atoms with E-state index in [1.807, 2.05) is 12.1 Å². The van der Waals surface area contributed by atoms with Gasteiger partial charge < -0.3 is 0 Å². The van der Waals surface area contributed by atoms with Gasteiger partial charge in [-0.3, -0.25) is 0 Å². The molecule has 7 aromatic rings. The first-order valence-corrected chi connectivity index (χ1v) is 12.6. The summed E-state index contributed by atoms with van der Waals surface area (Å²) in [5.74, 6) is 1.15. The van der Waals surface area contributed by atoms with Gasteiger partial charge in [0.1, 0.15) is 13.1 Å². The second-order valence-electron chi connectivity index (χ2n) is 9.34. The summed E-state index contributed by atoms with van der Waals surface area (Å²) in [6.45, 7) is 1.35. The van der Waals surface area contributed by atoms with E-state index in [0.29, 0.717) is 13.1 Å². The second kappa shape index (κ2) is 8.99. The number of fused-ring (bicyclic) bond motifs is 3. The number of benzene rings is 4. The number of nitrogens with zero attached hydrogens (tertiary/aromatic N) is 4. The standard InChI is InChI=1S/C33H25N4/c1-2-12-26(13-3-1)33-36(22-27-20-18-24-10-4-6-14-29(24)34-27)31-16-8-9-17-32(31)37(33)23-28-21-19-25-11-5-7-15-30(25)35-28/h1-21H,22-23H2/q+1. The van der Waals surface area contributed by atoms with Crippen LogP contribution in [0.25, 0.3) is 44.2 Å². The van der Waals surface area contributed by atoms with Crippen LogP contribution in [0.1, 0.15) is 11.4 Å². The van der Waals surface area contributed by atoms with Crippen LogP contribution < -0.4 is 4.57 Å². The summed E-state index contributed by atoms with van der Waals surface area (Å²) >= 11 is 0. The lowest BCUT2D eigenvalue weighted by Crippen LogP contribution is -2.37. The number of hydrogen-bond donors (Lipinski definition) is 0. The van der Waals surface area contributed by atoms with Gasteiger partial charge in [0.2, 0.25) is 0 Å². The average Bonchev–Trinajstić information content (AvgIpc) is 3.26. The molecule has 0 radical (unpaired) electrons. The maximum absolute atomic E-state index is 5.00. The molecule has 0 unspecified atom stereocenters. The highest BCUT2D eigenvalue weighted by atomic mass is 15.2. The summed E-state index contributed by atoms with van der Waals surface area (Å²) < 4.78 is 4.78. The molecule has 7 rings (SSSR count). The van der Waals surface area contributed by atoms with Crippen LogP contribution >= 0.6 is 0 Å². The van der Waals surface area contributed by atoms with E-state index >= 15 is 0 Å². The molecular formula is C33H25N4+. The van der Waals surface area contributed by atoms with Gasteiger partial charge in [-0.05, 0) is 48.5 Å². The molecular weight excluding hydrogens is 452 g/mol. The maximum Gasteiger partial charge on any atom is 0.290 e. The fourth-order valence-corrected chi connectivity index (χ4v) is 5.23. The molecule has 0 bridgehead atoms. The quantitative estimate of drug-likeness (QED) is 0.256. The Kier molecular flexibility index (Phi) is 5.21. The first-order chi connectivity index (χ1) is 18.3. The molecule has 0 saturated carbocycles. The van der Waals surface area contributed by atoms with Crippen molar-refractivity contribution in [2.75, 3.05) is 0 Å². The Bertz CT molecular complexity index is 1770. The molecule has 3 aromatic heterocycles. The zero-order chi connectivity index (χ0) is 24.6. The summed E-state index contributed by atoms with van der Waals surface area (Å²) in [5.41, 5.74) is 7.63. The van der Waals surface area contributed by atoms with E-state index in [0.717, 1.165) is 39.0 Å². The molecule has 0 atom stereocenters. The van der Waals surface area contributed by atoms with Gasteiger partial charge in [-0.15, -0.1) is 0 Å². The molecule has 0 amide bonds. The molecule has 0 fully saturated rings. The third-order valence-corrected chi connectivity index (χ3v) is 6.96. The summed E-state index contributed by atoms with van der Waals surface area (Å²) in [5, 5.41) is 2.31. The SMILES string of the molecule is c1ccc(-c2n(Cc3ccc4ccccc4n3)c3ccccc3[n+]2Cc2ccc3ccccc3n2)cc1. The van der Waals surface area contributed by atoms with Gasteiger partial charge in [0.25, 0.3) is 5.82 Å². The minimum absolute atomic E-state index is 0.674. The highest BCUT2D eigenvalue weighted by Crippen LogP contribution is 2.26. The van der Waals surface area contributed by atoms with Crippen molar-refractivity contribution in [3.05, 3.63) is 139 Å². The zero-order valence-corrected chi connectivity index (χ0v) is 20.3. The van der Waals surface area contributed by atoms with Crippen molar-refractivity contribution in [3.63, 3.8) is 0 Å². The molecule has 4 aromatic carbocycles. The number of aromatic nitrogens is 4. The lowest BCUT2D eigenvalue weighted by atomic mass is 10.2. The van der Waals surface area contributed by atoms with Crippen LogP contribution in [0.4, 0.5) is 0 Å². The summed E-state index contributed by atoms with van der Waals surface area (Å²) in [4.78, 5) is 9.99. The van der Waals surface area contributed by atoms with E-state index in [1.54, 1.807) is 0 Å². The Hall–Kier alpha value is -4.83. The average molecular weight is 478 g/mol. The molecule has 37 heavy (non-hydrogen) atoms. The molecule has 3 heterocycles. The smallest absolute Gasteiger partial charge is 0.249 e. The predicted molar refractivity (Wildman–Crippen MR) is 149 cm³/mol. The van der Waals surface area contributed by atoms with Crippen LogP contribution in [0.15, 0.2) is 127 Å². The molecule has 0 aliphatic heterocycles. The first-order valence-electron chi connectivity index (χ1n) is 12.6. The van der Waals surface area contributed by atoms with Gasteiger partial charge in [0.15, 0.2) is 11.0 Å². The van der Waals surface area contributed by atoms with Crippen molar-refractivity contribution in [3.8, 4) is 11.4 Å². The molecule has 0 saturated heterocycles. The number of hydrogen-bond acceptors (Lipinski definition) is 2. The minimum atomic E-state index is 0.674. The zero-order valence-electron chi connectivity index (χ0n) is 20.3. The Labute approximate surface area is 215 Å². The fraction of sp³-hybridized carbons (Fsp3) is 0.0606. The van der Waals surface area contributed by atoms with Gasteiger partial charge >= 0.3 is 0 Å². The highest BCUT2D eigenvalue weighted by molar-refractivity contribution is 5.80. The Morgan fingerprint density at radius 3 is 1.89 bits per heavy atom. The fourth-order valence-electron chi connectivity index (χ4n) is 5.23.